The second-order valence-electron chi connectivity index (χ2n) is 27.5. The Morgan fingerprint density at radius 2 is 0.989 bits per heavy atom. The van der Waals surface area contributed by atoms with Crippen LogP contribution in [0.2, 0.25) is 0 Å². The summed E-state index contributed by atoms with van der Waals surface area (Å²) in [5.41, 5.74) is 5.85. The summed E-state index contributed by atoms with van der Waals surface area (Å²) in [5, 5.41) is 5.65. The first kappa shape index (κ1) is 77.7. The largest absolute Gasteiger partial charge is 0.469 e. The predicted octanol–water partition coefficient (Wildman–Crippen LogP) is 16.1. The van der Waals surface area contributed by atoms with E-state index in [4.69, 9.17) is 28.4 Å². The van der Waals surface area contributed by atoms with Crippen LogP contribution >= 0.6 is 0 Å². The molecule has 1 N–H and O–H groups in total. The summed E-state index contributed by atoms with van der Waals surface area (Å²) >= 11 is 0. The molecule has 9 rings (SSSR count). The molecule has 3 aromatic carbocycles. The van der Waals surface area contributed by atoms with Crippen LogP contribution in [0.1, 0.15) is 178 Å². The number of piperidine rings is 3. The van der Waals surface area contributed by atoms with Crippen molar-refractivity contribution >= 4 is 69.3 Å². The molecule has 4 aliphatic heterocycles. The molecule has 18 heteroatoms. The molecule has 3 atom stereocenters. The fraction of sp³-hybridized carbons (Fsp3) is 0.573. The van der Waals surface area contributed by atoms with Crippen LogP contribution in [0.15, 0.2) is 103 Å². The molecule has 0 aliphatic carbocycles. The number of aromatic nitrogens is 2. The summed E-state index contributed by atoms with van der Waals surface area (Å²) in [6, 6.07) is 28.5. The summed E-state index contributed by atoms with van der Waals surface area (Å²) in [5.74, 6) is 1.33. The van der Waals surface area contributed by atoms with Crippen LogP contribution < -0.4 is 5.32 Å². The third-order valence-corrected chi connectivity index (χ3v) is 17.1. The van der Waals surface area contributed by atoms with Crippen molar-refractivity contribution in [1.29, 1.82) is 0 Å². The quantitative estimate of drug-likeness (QED) is 0.0624. The second kappa shape index (κ2) is 36.1. The smallest absolute Gasteiger partial charge is 0.410 e. The van der Waals surface area contributed by atoms with Gasteiger partial charge in [-0.3, -0.25) is 19.6 Å². The van der Waals surface area contributed by atoms with Gasteiger partial charge >= 0.3 is 36.2 Å². The van der Waals surface area contributed by atoms with Gasteiger partial charge in [-0.15, -0.1) is 0 Å². The number of benzene rings is 3. The molecule has 0 radical (unpaired) electrons. The zero-order valence-electron chi connectivity index (χ0n) is 55.3. The van der Waals surface area contributed by atoms with E-state index in [1.54, 1.807) is 15.9 Å². The summed E-state index contributed by atoms with van der Waals surface area (Å²) in [4.78, 5) is 87.6. The van der Waals surface area contributed by atoms with Gasteiger partial charge in [0.05, 0.1) is 38.8 Å². The van der Waals surface area contributed by atoms with Crippen LogP contribution in [0, 0.1) is 29.6 Å². The number of carbonyl (C=O) groups excluding carboxylic acids is 6. The van der Waals surface area contributed by atoms with Gasteiger partial charge in [0.25, 0.3) is 0 Å². The summed E-state index contributed by atoms with van der Waals surface area (Å²) < 4.78 is 31.3. The van der Waals surface area contributed by atoms with Gasteiger partial charge in [-0.2, -0.15) is 0 Å². The van der Waals surface area contributed by atoms with Crippen LogP contribution in [0.25, 0.3) is 27.4 Å². The average Bonchev–Trinajstić information content (AvgIpc) is 0.896. The first-order chi connectivity index (χ1) is 42.7. The normalized spacial score (nSPS) is 17.1. The number of allylic oxidation sites excluding steroid dienone is 1. The van der Waals surface area contributed by atoms with E-state index in [9.17, 15) is 28.8 Å². The van der Waals surface area contributed by atoms with Crippen LogP contribution in [0.4, 0.5) is 20.1 Å². The number of fused-ring (bicyclic) bond motifs is 3. The monoisotopic (exact) mass is 1290 g/mol. The van der Waals surface area contributed by atoms with Crippen molar-refractivity contribution in [2.75, 3.05) is 72.5 Å². The first-order valence-electron chi connectivity index (χ1n) is 32.1. The highest BCUT2D eigenvalue weighted by atomic mass is 16.6. The lowest BCUT2D eigenvalue weighted by atomic mass is 9.75. The van der Waals surface area contributed by atoms with Crippen LogP contribution in [-0.4, -0.2) is 145 Å². The van der Waals surface area contributed by atoms with Gasteiger partial charge in [-0.05, 0) is 215 Å². The average molecular weight is 1290 g/mol. The Morgan fingerprint density at radius 1 is 0.548 bits per heavy atom. The van der Waals surface area contributed by atoms with Crippen molar-refractivity contribution in [2.24, 2.45) is 29.6 Å². The number of pyridine rings is 2. The van der Waals surface area contributed by atoms with Gasteiger partial charge in [0.1, 0.15) is 16.8 Å². The Hall–Kier alpha value is -7.76. The molecule has 0 spiro atoms. The van der Waals surface area contributed by atoms with Crippen molar-refractivity contribution in [3.8, 4) is 0 Å². The van der Waals surface area contributed by atoms with Crippen LogP contribution in [0.5, 0.6) is 0 Å². The molecule has 6 heterocycles. The standard InChI is InChI=1S/C24H36N2O4.C24H32N2O4.C24H30N2O4.3CH4/c3*1-24(2,3)30-23(28)26-11-9-17(10-12-26)13-19(15-22(27)29-4)20-14-18-7-5-6-8-21(18)25-16-20;;;/h5-8,17,19-20,25H,9-16H2,1-4H3;5-8,14,16-17,19H,9-13,15H2,1-4H3;5-8,14-17H,9-13H2,1-4H3;3*1H4/b;;19-15-;;;/t19-,20?;19-;;;;/m00..../s1. The number of esters is 3. The highest BCUT2D eigenvalue weighted by Crippen LogP contribution is 2.38. The maximum atomic E-state index is 12.3. The molecule has 3 fully saturated rings. The van der Waals surface area contributed by atoms with E-state index in [-0.39, 0.29) is 70.3 Å². The van der Waals surface area contributed by atoms with Gasteiger partial charge in [0.15, 0.2) is 0 Å². The SMILES string of the molecule is C.C.C.COC(=O)/C=C(/CC1CCN(C(=O)OC(C)(C)C)CC1)c1cnc2ccccc2c1.COC(=O)C[C@H](CC1CCN(C(=O)OC(C)(C)C)CC1)C1CNc2ccccc2C1.COC(=O)C[C@H](CC1CCN(C(=O)OC(C)(C)C)CC1)c1cnc2ccccc2c1. The Labute approximate surface area is 555 Å². The van der Waals surface area contributed by atoms with Crippen molar-refractivity contribution in [1.82, 2.24) is 24.7 Å². The molecule has 0 saturated carbocycles. The minimum atomic E-state index is -0.493. The number of rotatable bonds is 14. The van der Waals surface area contributed by atoms with E-state index in [0.29, 0.717) is 62.7 Å². The molecule has 0 bridgehead atoms. The van der Waals surface area contributed by atoms with Gasteiger partial charge in [0.2, 0.25) is 0 Å². The lowest BCUT2D eigenvalue weighted by molar-refractivity contribution is -0.142. The van der Waals surface area contributed by atoms with E-state index in [0.717, 1.165) is 122 Å². The number of likely N-dealkylation sites (tertiary alicyclic amines) is 3. The highest BCUT2D eigenvalue weighted by molar-refractivity contribution is 5.93. The number of ether oxygens (including phenoxy) is 6. The number of hydrogen-bond acceptors (Lipinski definition) is 15. The third-order valence-electron chi connectivity index (χ3n) is 17.1. The zero-order valence-corrected chi connectivity index (χ0v) is 55.3. The molecule has 3 amide bonds. The molecule has 2 aromatic heterocycles. The summed E-state index contributed by atoms with van der Waals surface area (Å²) in [7, 11) is 4.28. The second-order valence-corrected chi connectivity index (χ2v) is 27.5. The topological polar surface area (TPSA) is 205 Å². The van der Waals surface area contributed by atoms with Gasteiger partial charge in [-0.1, -0.05) is 76.9 Å². The van der Waals surface area contributed by atoms with Crippen LogP contribution in [-0.2, 0) is 49.2 Å². The molecule has 512 valence electrons. The lowest BCUT2D eigenvalue weighted by Gasteiger charge is -2.37. The number of methoxy groups -OCH3 is 3. The fourth-order valence-electron chi connectivity index (χ4n) is 12.3. The Kier molecular flexibility index (Phi) is 30.1. The summed E-state index contributed by atoms with van der Waals surface area (Å²) in [6.07, 6.45) is 14.3. The molecular formula is C75H110N6O12. The minimum Gasteiger partial charge on any atom is -0.469 e. The predicted molar refractivity (Wildman–Crippen MR) is 371 cm³/mol. The number of para-hydroxylation sites is 3. The van der Waals surface area contributed by atoms with Crippen LogP contribution in [0.3, 0.4) is 0 Å². The van der Waals surface area contributed by atoms with E-state index in [2.05, 4.69) is 51.7 Å². The maximum absolute atomic E-state index is 12.3. The number of amides is 3. The van der Waals surface area contributed by atoms with E-state index in [1.165, 1.54) is 32.6 Å². The lowest BCUT2D eigenvalue weighted by Crippen LogP contribution is -2.42. The zero-order chi connectivity index (χ0) is 65.2. The van der Waals surface area contributed by atoms with Gasteiger partial charge in [-0.25, -0.2) is 19.2 Å². The van der Waals surface area contributed by atoms with E-state index in [1.807, 2.05) is 128 Å². The van der Waals surface area contributed by atoms with E-state index < -0.39 is 16.8 Å². The molecule has 18 nitrogen and oxygen atoms in total. The first-order valence-corrected chi connectivity index (χ1v) is 32.1. The maximum Gasteiger partial charge on any atom is 0.410 e. The molecular weight excluding hydrogens is 1180 g/mol. The van der Waals surface area contributed by atoms with Gasteiger partial charge < -0.3 is 48.4 Å². The van der Waals surface area contributed by atoms with Crippen molar-refractivity contribution < 1.29 is 57.2 Å². The number of hydrogen-bond donors (Lipinski definition) is 1. The Balaban J connectivity index is 0.000000293. The third kappa shape index (κ3) is 24.9. The number of nitrogens with one attached hydrogen (secondary N) is 1. The molecule has 1 unspecified atom stereocenters. The van der Waals surface area contributed by atoms with Gasteiger partial charge in [0, 0.05) is 87.2 Å². The van der Waals surface area contributed by atoms with E-state index >= 15 is 0 Å². The number of nitrogens with zero attached hydrogens (tertiary/aromatic N) is 5. The molecule has 3 saturated heterocycles. The Bertz CT molecular complexity index is 3230. The highest BCUT2D eigenvalue weighted by Gasteiger charge is 2.35. The molecule has 4 aliphatic rings. The van der Waals surface area contributed by atoms with Crippen molar-refractivity contribution in [3.63, 3.8) is 0 Å². The fourth-order valence-corrected chi connectivity index (χ4v) is 12.3. The number of anilines is 1. The Morgan fingerprint density at radius 3 is 1.48 bits per heavy atom. The van der Waals surface area contributed by atoms with Crippen molar-refractivity contribution in [3.05, 3.63) is 120 Å². The number of carbonyl (C=O) groups is 6. The summed E-state index contributed by atoms with van der Waals surface area (Å²) in [6.45, 7) is 21.9. The minimum absolute atomic E-state index is 0. The van der Waals surface area contributed by atoms with Crippen molar-refractivity contribution in [2.45, 2.75) is 184 Å². The molecule has 93 heavy (non-hydrogen) atoms. The molecule has 5 aromatic rings.